The van der Waals surface area contributed by atoms with Crippen molar-refractivity contribution in [2.45, 2.75) is 30.6 Å². The predicted octanol–water partition coefficient (Wildman–Crippen LogP) is 6.42. The highest BCUT2D eigenvalue weighted by Gasteiger charge is 2.29. The fourth-order valence-electron chi connectivity index (χ4n) is 4.63. The molecule has 1 aliphatic carbocycles. The third kappa shape index (κ3) is 6.23. The van der Waals surface area contributed by atoms with Crippen LogP contribution in [0.5, 0.6) is 0 Å². The van der Waals surface area contributed by atoms with Gasteiger partial charge in [0.15, 0.2) is 22.5 Å². The second-order valence-corrected chi connectivity index (χ2v) is 13.6. The van der Waals surface area contributed by atoms with Gasteiger partial charge in [-0.1, -0.05) is 45.8 Å². The third-order valence-electron chi connectivity index (χ3n) is 6.83. The van der Waals surface area contributed by atoms with Gasteiger partial charge in [0.1, 0.15) is 0 Å². The van der Waals surface area contributed by atoms with Crippen molar-refractivity contribution in [3.8, 4) is 28.2 Å². The molecule has 212 valence electrons. The highest BCUT2D eigenvalue weighted by atomic mass is 35.5. The summed E-state index contributed by atoms with van der Waals surface area (Å²) < 4.78 is 29.0. The number of carboxylic acids is 1. The van der Waals surface area contributed by atoms with Crippen molar-refractivity contribution in [3.05, 3.63) is 103 Å². The molecule has 0 spiro atoms. The molecule has 0 radical (unpaired) electrons. The second-order valence-electron chi connectivity index (χ2n) is 9.88. The Morgan fingerprint density at radius 2 is 2.02 bits per heavy atom. The maximum atomic E-state index is 14.8. The summed E-state index contributed by atoms with van der Waals surface area (Å²) in [6.45, 7) is 0. The van der Waals surface area contributed by atoms with Crippen LogP contribution in [0.2, 0.25) is 4.34 Å². The molecule has 0 saturated heterocycles. The Hall–Kier alpha value is -3.66. The van der Waals surface area contributed by atoms with E-state index in [1.165, 1.54) is 40.2 Å². The minimum Gasteiger partial charge on any atom is -0.476 e. The number of aromatic carboxylic acids is 1. The van der Waals surface area contributed by atoms with Gasteiger partial charge in [0, 0.05) is 28.5 Å². The van der Waals surface area contributed by atoms with Crippen LogP contribution in [0.15, 0.2) is 64.9 Å². The van der Waals surface area contributed by atoms with Gasteiger partial charge in [-0.25, -0.2) is 18.9 Å². The van der Waals surface area contributed by atoms with E-state index in [2.05, 4.69) is 16.8 Å². The lowest BCUT2D eigenvalue weighted by Crippen LogP contribution is -2.07. The number of thiophene rings is 1. The number of nitrogens with zero attached hydrogens (tertiary/aromatic N) is 3. The fourth-order valence-corrected chi connectivity index (χ4v) is 6.79. The molecule has 1 saturated carbocycles. The lowest BCUT2D eigenvalue weighted by molar-refractivity contribution is 0.0691. The van der Waals surface area contributed by atoms with E-state index < -0.39 is 22.8 Å². The molecule has 5 aromatic rings. The summed E-state index contributed by atoms with van der Waals surface area (Å²) in [5.74, 6) is 5.08. The average molecular weight is 638 g/mol. The van der Waals surface area contributed by atoms with Gasteiger partial charge in [0.05, 0.1) is 20.6 Å². The van der Waals surface area contributed by atoms with Crippen molar-refractivity contribution in [2.24, 2.45) is 11.1 Å². The van der Waals surface area contributed by atoms with Crippen molar-refractivity contribution in [1.29, 1.82) is 0 Å². The molecule has 0 amide bonds. The molecule has 6 rings (SSSR count). The molecule has 3 N–H and O–H groups in total. The number of carbonyl (C=O) groups is 1. The van der Waals surface area contributed by atoms with E-state index in [0.29, 0.717) is 33.1 Å². The Morgan fingerprint density at radius 3 is 2.69 bits per heavy atom. The number of halogens is 2. The number of carboxylic acid groups (broad SMARTS) is 1. The van der Waals surface area contributed by atoms with Gasteiger partial charge >= 0.3 is 5.97 Å². The van der Waals surface area contributed by atoms with E-state index in [1.54, 1.807) is 10.7 Å². The standard InChI is InChI=1S/C30H22ClFN4O3S3/c31-27-11-9-21(41-27)8-6-17-2-1-3-20(12-17)28-22(13-19-7-10-26(42(33)39)23(32)14-19)25(15-18-4-5-18)36(35-28)30-34-24(16-40-30)29(37)38/h1-3,7,9-12,14,16,18H,4-5,13,15H2,(H2,33,39)(H,37,38)/p+1. The van der Waals surface area contributed by atoms with Gasteiger partial charge in [-0.3, -0.25) is 0 Å². The quantitative estimate of drug-likeness (QED) is 0.116. The lowest BCUT2D eigenvalue weighted by atomic mass is 9.96. The zero-order valence-electron chi connectivity index (χ0n) is 21.9. The third-order valence-corrected chi connectivity index (χ3v) is 9.63. The Balaban J connectivity index is 1.48. The molecule has 0 bridgehead atoms. The molecule has 12 heteroatoms. The number of thiol groups is 1. The predicted molar refractivity (Wildman–Crippen MR) is 164 cm³/mol. The summed E-state index contributed by atoms with van der Waals surface area (Å²) in [5.41, 5.74) is 4.67. The average Bonchev–Trinajstić information content (AvgIpc) is 3.31. The Labute approximate surface area is 256 Å². The molecule has 7 nitrogen and oxygen atoms in total. The molecule has 1 atom stereocenters. The molecule has 1 unspecified atom stereocenters. The van der Waals surface area contributed by atoms with Crippen LogP contribution in [0.3, 0.4) is 0 Å². The van der Waals surface area contributed by atoms with E-state index in [0.717, 1.165) is 46.5 Å². The van der Waals surface area contributed by atoms with Crippen LogP contribution >= 0.6 is 34.3 Å². The summed E-state index contributed by atoms with van der Waals surface area (Å²) in [6.07, 6.45) is 3.24. The van der Waals surface area contributed by atoms with Gasteiger partial charge in [0.2, 0.25) is 10.0 Å². The maximum absolute atomic E-state index is 14.8. The molecule has 2 aromatic carbocycles. The van der Waals surface area contributed by atoms with Crippen molar-refractivity contribution in [2.75, 3.05) is 0 Å². The van der Waals surface area contributed by atoms with Crippen LogP contribution < -0.4 is 5.14 Å². The van der Waals surface area contributed by atoms with Crippen molar-refractivity contribution in [3.63, 3.8) is 0 Å². The van der Waals surface area contributed by atoms with Gasteiger partial charge in [-0.2, -0.15) is 5.10 Å². The van der Waals surface area contributed by atoms with Gasteiger partial charge < -0.3 is 5.11 Å². The van der Waals surface area contributed by atoms with Crippen molar-refractivity contribution < 1.29 is 18.5 Å². The number of benzene rings is 2. The smallest absolute Gasteiger partial charge is 0.355 e. The molecular weight excluding hydrogens is 615 g/mol. The van der Waals surface area contributed by atoms with Crippen molar-refractivity contribution in [1.82, 2.24) is 14.8 Å². The largest absolute Gasteiger partial charge is 0.476 e. The highest BCUT2D eigenvalue weighted by molar-refractivity contribution is 7.82. The number of hydrogen-bond donors (Lipinski definition) is 2. The molecule has 0 aliphatic heterocycles. The zero-order chi connectivity index (χ0) is 29.4. The monoisotopic (exact) mass is 637 g/mol. The molecule has 1 aliphatic rings. The van der Waals surface area contributed by atoms with E-state index in [1.807, 2.05) is 36.4 Å². The SMILES string of the molecule is N[SH+](=O)c1ccc(Cc2c(-c3cccc(C#Cc4ccc(Cl)s4)c3)nn(-c3nc(C(=O)O)cs3)c2CC2CC2)cc1F. The van der Waals surface area contributed by atoms with E-state index in [-0.39, 0.29) is 10.6 Å². The van der Waals surface area contributed by atoms with E-state index in [9.17, 15) is 18.5 Å². The topological polar surface area (TPSA) is 111 Å². The summed E-state index contributed by atoms with van der Waals surface area (Å²) in [4.78, 5) is 16.8. The first-order valence-corrected chi connectivity index (χ1v) is 16.3. The van der Waals surface area contributed by atoms with Gasteiger partial charge in [0.25, 0.3) is 0 Å². The lowest BCUT2D eigenvalue weighted by Gasteiger charge is -2.09. The second kappa shape index (κ2) is 11.9. The van der Waals surface area contributed by atoms with E-state index in [4.69, 9.17) is 21.8 Å². The van der Waals surface area contributed by atoms with Crippen LogP contribution in [-0.2, 0) is 28.0 Å². The van der Waals surface area contributed by atoms with Crippen LogP contribution in [0, 0.1) is 23.6 Å². The number of thiazole rings is 1. The highest BCUT2D eigenvalue weighted by Crippen LogP contribution is 2.38. The van der Waals surface area contributed by atoms with Gasteiger partial charge in [-0.05, 0) is 67.1 Å². The number of aromatic nitrogens is 3. The van der Waals surface area contributed by atoms with Crippen molar-refractivity contribution >= 4 is 51.2 Å². The molecular formula is C30H23ClFN4O3S3+. The minimum absolute atomic E-state index is 0.0230. The summed E-state index contributed by atoms with van der Waals surface area (Å²) in [7, 11) is -2.31. The number of hydrogen-bond acceptors (Lipinski definition) is 6. The molecule has 42 heavy (non-hydrogen) atoms. The first-order chi connectivity index (χ1) is 20.2. The summed E-state index contributed by atoms with van der Waals surface area (Å²) >= 11 is 8.66. The van der Waals surface area contributed by atoms with Crippen LogP contribution in [0.25, 0.3) is 16.4 Å². The summed E-state index contributed by atoms with van der Waals surface area (Å²) in [5, 5.41) is 21.9. The first kappa shape index (κ1) is 28.5. The normalized spacial score (nSPS) is 13.5. The Bertz CT molecular complexity index is 1920. The first-order valence-electron chi connectivity index (χ1n) is 12.9. The number of rotatable bonds is 8. The maximum Gasteiger partial charge on any atom is 0.355 e. The molecule has 1 fully saturated rings. The van der Waals surface area contributed by atoms with Gasteiger partial charge in [-0.15, -0.1) is 27.8 Å². The van der Waals surface area contributed by atoms with Crippen LogP contribution in [0.1, 0.15) is 50.6 Å². The molecule has 3 aromatic heterocycles. The fraction of sp³-hybridized carbons (Fsp3) is 0.167. The Morgan fingerprint density at radius 1 is 1.19 bits per heavy atom. The van der Waals surface area contributed by atoms with Crippen LogP contribution in [-0.4, -0.2) is 25.8 Å². The Kier molecular flexibility index (Phi) is 8.07. The number of nitrogens with two attached hydrogens (primary N) is 1. The summed E-state index contributed by atoms with van der Waals surface area (Å²) in [6, 6.07) is 15.9. The minimum atomic E-state index is -2.31. The molecule has 3 heterocycles. The zero-order valence-corrected chi connectivity index (χ0v) is 25.2. The van der Waals surface area contributed by atoms with E-state index >= 15 is 0 Å². The van der Waals surface area contributed by atoms with Crippen LogP contribution in [0.4, 0.5) is 4.39 Å².